The lowest BCUT2D eigenvalue weighted by Gasteiger charge is -2.49. The van der Waals surface area contributed by atoms with Gasteiger partial charge in [0.2, 0.25) is 17.8 Å². The fourth-order valence-electron chi connectivity index (χ4n) is 2.63. The van der Waals surface area contributed by atoms with Crippen molar-refractivity contribution in [1.82, 2.24) is 19.9 Å². The van der Waals surface area contributed by atoms with E-state index in [-0.39, 0.29) is 5.54 Å². The van der Waals surface area contributed by atoms with Gasteiger partial charge in [-0.15, -0.1) is 0 Å². The summed E-state index contributed by atoms with van der Waals surface area (Å²) in [5.74, 6) is 7.05. The number of anilines is 3. The summed E-state index contributed by atoms with van der Waals surface area (Å²) in [6, 6.07) is 0. The minimum absolute atomic E-state index is 0.218. The Morgan fingerprint density at radius 1 is 1.05 bits per heavy atom. The van der Waals surface area contributed by atoms with Crippen LogP contribution in [0, 0.1) is 0 Å². The van der Waals surface area contributed by atoms with E-state index in [1.54, 1.807) is 0 Å². The van der Waals surface area contributed by atoms with E-state index in [1.807, 2.05) is 26.0 Å². The van der Waals surface area contributed by atoms with Crippen LogP contribution in [0.25, 0.3) is 0 Å². The number of nitrogens with two attached hydrogens (primary N) is 1. The van der Waals surface area contributed by atoms with E-state index in [2.05, 4.69) is 44.3 Å². The van der Waals surface area contributed by atoms with Gasteiger partial charge in [0, 0.05) is 33.2 Å². The fourth-order valence-corrected chi connectivity index (χ4v) is 2.63. The summed E-state index contributed by atoms with van der Waals surface area (Å²) in [4.78, 5) is 19.3. The molecular weight excluding hydrogens is 268 g/mol. The monoisotopic (exact) mass is 294 g/mol. The van der Waals surface area contributed by atoms with Crippen molar-refractivity contribution in [3.63, 3.8) is 0 Å². The van der Waals surface area contributed by atoms with E-state index >= 15 is 0 Å². The third-order valence-electron chi connectivity index (χ3n) is 4.25. The molecular formula is C13H26N8. The number of hydrazine groups is 1. The maximum atomic E-state index is 5.45. The Kier molecular flexibility index (Phi) is 4.48. The van der Waals surface area contributed by atoms with Crippen LogP contribution >= 0.6 is 0 Å². The van der Waals surface area contributed by atoms with Crippen molar-refractivity contribution < 1.29 is 0 Å². The lowest BCUT2D eigenvalue weighted by atomic mass is 9.75. The second-order valence-corrected chi connectivity index (χ2v) is 6.13. The van der Waals surface area contributed by atoms with Gasteiger partial charge < -0.3 is 14.7 Å². The van der Waals surface area contributed by atoms with Crippen LogP contribution in [-0.4, -0.2) is 67.2 Å². The molecule has 0 aliphatic heterocycles. The van der Waals surface area contributed by atoms with E-state index in [4.69, 9.17) is 5.84 Å². The molecule has 0 aromatic carbocycles. The standard InChI is InChI=1S/C13H26N8/c1-19(2)11-15-10(18-14)16-12(17-11)21(5)9-13(20(3)4)7-6-8-13/h6-9,14H2,1-5H3,(H,15,16,17,18). The van der Waals surface area contributed by atoms with Crippen LogP contribution in [0.15, 0.2) is 0 Å². The van der Waals surface area contributed by atoms with Gasteiger partial charge in [-0.1, -0.05) is 0 Å². The molecule has 8 heteroatoms. The molecule has 118 valence electrons. The van der Waals surface area contributed by atoms with Gasteiger partial charge in [-0.2, -0.15) is 15.0 Å². The van der Waals surface area contributed by atoms with Gasteiger partial charge in [-0.3, -0.25) is 5.43 Å². The highest BCUT2D eigenvalue weighted by molar-refractivity contribution is 5.44. The molecule has 1 aromatic heterocycles. The van der Waals surface area contributed by atoms with Crippen LogP contribution in [0.1, 0.15) is 19.3 Å². The zero-order valence-corrected chi connectivity index (χ0v) is 13.6. The van der Waals surface area contributed by atoms with Gasteiger partial charge in [0.05, 0.1) is 0 Å². The SMILES string of the molecule is CN(C)c1nc(NN)nc(N(C)CC2(N(C)C)CCC2)n1. The Labute approximate surface area is 126 Å². The molecule has 8 nitrogen and oxygen atoms in total. The molecule has 0 radical (unpaired) electrons. The average Bonchev–Trinajstić information content (AvgIpc) is 2.41. The third kappa shape index (κ3) is 3.16. The quantitative estimate of drug-likeness (QED) is 0.566. The molecule has 2 rings (SSSR count). The second kappa shape index (κ2) is 5.98. The number of rotatable bonds is 6. The molecule has 1 heterocycles. The molecule has 0 saturated heterocycles. The number of nitrogens with zero attached hydrogens (tertiary/aromatic N) is 6. The van der Waals surface area contributed by atoms with Crippen molar-refractivity contribution >= 4 is 17.8 Å². The largest absolute Gasteiger partial charge is 0.347 e. The van der Waals surface area contributed by atoms with Gasteiger partial charge in [-0.05, 0) is 33.4 Å². The molecule has 0 unspecified atom stereocenters. The maximum Gasteiger partial charge on any atom is 0.243 e. The molecule has 21 heavy (non-hydrogen) atoms. The van der Waals surface area contributed by atoms with Crippen LogP contribution in [0.4, 0.5) is 17.8 Å². The number of aromatic nitrogens is 3. The lowest BCUT2D eigenvalue weighted by Crippen LogP contribution is -2.57. The number of nitrogen functional groups attached to an aromatic ring is 1. The summed E-state index contributed by atoms with van der Waals surface area (Å²) >= 11 is 0. The molecule has 3 N–H and O–H groups in total. The number of hydrogen-bond acceptors (Lipinski definition) is 8. The average molecular weight is 294 g/mol. The van der Waals surface area contributed by atoms with Crippen molar-refractivity contribution in [2.24, 2.45) is 5.84 Å². The Bertz CT molecular complexity index is 483. The Hall–Kier alpha value is -1.67. The number of hydrogen-bond donors (Lipinski definition) is 2. The Balaban J connectivity index is 2.22. The van der Waals surface area contributed by atoms with E-state index < -0.39 is 0 Å². The first-order valence-electron chi connectivity index (χ1n) is 7.16. The van der Waals surface area contributed by atoms with Crippen LogP contribution in [0.2, 0.25) is 0 Å². The predicted molar refractivity (Wildman–Crippen MR) is 85.5 cm³/mol. The van der Waals surface area contributed by atoms with E-state index in [0.717, 1.165) is 6.54 Å². The van der Waals surface area contributed by atoms with Gasteiger partial charge in [-0.25, -0.2) is 5.84 Å². The van der Waals surface area contributed by atoms with E-state index in [0.29, 0.717) is 17.8 Å². The molecule has 0 spiro atoms. The van der Waals surface area contributed by atoms with Crippen molar-refractivity contribution in [1.29, 1.82) is 0 Å². The Morgan fingerprint density at radius 2 is 1.67 bits per heavy atom. The summed E-state index contributed by atoms with van der Waals surface area (Å²) in [6.07, 6.45) is 3.69. The van der Waals surface area contributed by atoms with E-state index in [1.165, 1.54) is 19.3 Å². The van der Waals surface area contributed by atoms with Crippen molar-refractivity contribution in [2.75, 3.05) is 57.0 Å². The normalized spacial score (nSPS) is 16.5. The van der Waals surface area contributed by atoms with Crippen LogP contribution in [0.5, 0.6) is 0 Å². The lowest BCUT2D eigenvalue weighted by molar-refractivity contribution is 0.0680. The Morgan fingerprint density at radius 3 is 2.10 bits per heavy atom. The highest BCUT2D eigenvalue weighted by Gasteiger charge is 2.40. The fraction of sp³-hybridized carbons (Fsp3) is 0.769. The topological polar surface area (TPSA) is 86.4 Å². The summed E-state index contributed by atoms with van der Waals surface area (Å²) in [6.45, 7) is 0.890. The van der Waals surface area contributed by atoms with Crippen molar-refractivity contribution in [2.45, 2.75) is 24.8 Å². The first-order chi connectivity index (χ1) is 9.88. The summed E-state index contributed by atoms with van der Waals surface area (Å²) in [5, 5.41) is 0. The summed E-state index contributed by atoms with van der Waals surface area (Å²) in [7, 11) is 10.1. The van der Waals surface area contributed by atoms with Crippen molar-refractivity contribution in [3.8, 4) is 0 Å². The van der Waals surface area contributed by atoms with Gasteiger partial charge in [0.15, 0.2) is 0 Å². The minimum atomic E-state index is 0.218. The predicted octanol–water partition coefficient (Wildman–Crippen LogP) is 0.144. The summed E-state index contributed by atoms with van der Waals surface area (Å²) in [5.41, 5.74) is 2.72. The molecule has 1 fully saturated rings. The van der Waals surface area contributed by atoms with Gasteiger partial charge >= 0.3 is 0 Å². The number of likely N-dealkylation sites (N-methyl/N-ethyl adjacent to an activating group) is 2. The first kappa shape index (κ1) is 15.7. The third-order valence-corrected chi connectivity index (χ3v) is 4.25. The minimum Gasteiger partial charge on any atom is -0.347 e. The molecule has 1 aliphatic rings. The second-order valence-electron chi connectivity index (χ2n) is 6.13. The molecule has 0 atom stereocenters. The van der Waals surface area contributed by atoms with E-state index in [9.17, 15) is 0 Å². The zero-order chi connectivity index (χ0) is 15.6. The molecule has 0 amide bonds. The molecule has 1 saturated carbocycles. The first-order valence-corrected chi connectivity index (χ1v) is 7.16. The highest BCUT2D eigenvalue weighted by Crippen LogP contribution is 2.37. The van der Waals surface area contributed by atoms with Gasteiger partial charge in [0.1, 0.15) is 0 Å². The maximum absolute atomic E-state index is 5.45. The smallest absolute Gasteiger partial charge is 0.243 e. The zero-order valence-electron chi connectivity index (χ0n) is 13.6. The summed E-state index contributed by atoms with van der Waals surface area (Å²) < 4.78 is 0. The molecule has 1 aromatic rings. The van der Waals surface area contributed by atoms with Crippen LogP contribution < -0.4 is 21.1 Å². The highest BCUT2D eigenvalue weighted by atomic mass is 15.4. The number of nitrogens with one attached hydrogen (secondary N) is 1. The van der Waals surface area contributed by atoms with Crippen molar-refractivity contribution in [3.05, 3.63) is 0 Å². The van der Waals surface area contributed by atoms with Gasteiger partial charge in [0.25, 0.3) is 0 Å². The molecule has 1 aliphatic carbocycles. The van der Waals surface area contributed by atoms with Crippen LogP contribution in [-0.2, 0) is 0 Å². The van der Waals surface area contributed by atoms with Crippen LogP contribution in [0.3, 0.4) is 0 Å². The molecule has 0 bridgehead atoms.